The molecule has 1 amide bonds. The fourth-order valence-corrected chi connectivity index (χ4v) is 3.66. The van der Waals surface area contributed by atoms with Crippen LogP contribution in [0, 0.1) is 5.82 Å². The highest BCUT2D eigenvalue weighted by Crippen LogP contribution is 2.23. The van der Waals surface area contributed by atoms with Crippen LogP contribution in [0.2, 0.25) is 0 Å². The Morgan fingerprint density at radius 1 is 1.26 bits per heavy atom. The molecule has 0 radical (unpaired) electrons. The molecule has 35 heavy (non-hydrogen) atoms. The van der Waals surface area contributed by atoms with Gasteiger partial charge in [-0.15, -0.1) is 0 Å². The third kappa shape index (κ3) is 7.99. The van der Waals surface area contributed by atoms with Crippen LogP contribution in [-0.4, -0.2) is 91.4 Å². The number of halogens is 5. The zero-order chi connectivity index (χ0) is 25.4. The number of amides is 1. The Hall–Kier alpha value is -2.54. The van der Waals surface area contributed by atoms with Gasteiger partial charge in [-0.25, -0.2) is 13.2 Å². The van der Waals surface area contributed by atoms with Crippen LogP contribution in [0.3, 0.4) is 0 Å². The molecule has 1 aliphatic heterocycles. The molecule has 1 aromatic carbocycles. The van der Waals surface area contributed by atoms with Gasteiger partial charge in [0.15, 0.2) is 0 Å². The van der Waals surface area contributed by atoms with E-state index >= 15 is 0 Å². The van der Waals surface area contributed by atoms with Gasteiger partial charge in [0.2, 0.25) is 0 Å². The molecule has 2 heterocycles. The average molecular weight is 506 g/mol. The van der Waals surface area contributed by atoms with Crippen molar-refractivity contribution >= 4 is 5.91 Å². The largest absolute Gasteiger partial charge is 0.467 e. The number of aliphatic hydroxyl groups excluding tert-OH is 1. The summed E-state index contributed by atoms with van der Waals surface area (Å²) in [5.74, 6) is -5.00. The number of carbonyl (C=O) groups excluding carboxylic acids is 1. The molecule has 0 spiro atoms. The summed E-state index contributed by atoms with van der Waals surface area (Å²) in [6.45, 7) is -0.867. The minimum atomic E-state index is -4.29. The second-order valence-corrected chi connectivity index (χ2v) is 8.23. The van der Waals surface area contributed by atoms with E-state index in [1.165, 1.54) is 29.4 Å². The molecule has 12 heteroatoms. The topological polar surface area (TPSA) is 75.4 Å². The number of furan rings is 1. The number of aliphatic hydroxyl groups is 1. The van der Waals surface area contributed by atoms with Crippen LogP contribution >= 0.6 is 0 Å². The Morgan fingerprint density at radius 3 is 2.71 bits per heavy atom. The number of benzene rings is 1. The quantitative estimate of drug-likeness (QED) is 0.446. The van der Waals surface area contributed by atoms with E-state index in [2.05, 4.69) is 4.74 Å². The second-order valence-electron chi connectivity index (χ2n) is 8.23. The Kier molecular flexibility index (Phi) is 9.61. The number of nitrogens with zero attached hydrogens (tertiary/aromatic N) is 2. The number of alkyl halides is 4. The van der Waals surface area contributed by atoms with Crippen molar-refractivity contribution in [1.29, 1.82) is 0 Å². The molecule has 2 unspecified atom stereocenters. The summed E-state index contributed by atoms with van der Waals surface area (Å²) < 4.78 is 80.1. The van der Waals surface area contributed by atoms with Gasteiger partial charge in [0.05, 0.1) is 43.8 Å². The van der Waals surface area contributed by atoms with Gasteiger partial charge in [0, 0.05) is 26.2 Å². The molecule has 0 bridgehead atoms. The van der Waals surface area contributed by atoms with Gasteiger partial charge in [0.1, 0.15) is 18.2 Å². The van der Waals surface area contributed by atoms with E-state index in [0.29, 0.717) is 12.3 Å². The van der Waals surface area contributed by atoms with Gasteiger partial charge in [-0.05, 0) is 24.3 Å². The molecule has 194 valence electrons. The number of hydrogen-bond donors (Lipinski definition) is 1. The first kappa shape index (κ1) is 27.1. The molecule has 2 aromatic rings. The minimum absolute atomic E-state index is 0.0273. The fraction of sp³-hybridized carbons (Fsp3) is 0.522. The normalized spacial score (nSPS) is 18.1. The van der Waals surface area contributed by atoms with Crippen LogP contribution < -0.4 is 0 Å². The maximum Gasteiger partial charge on any atom is 0.330 e. The zero-order valence-electron chi connectivity index (χ0n) is 18.8. The Bertz CT molecular complexity index is 931. The van der Waals surface area contributed by atoms with Crippen molar-refractivity contribution in [2.45, 2.75) is 31.1 Å². The molecule has 1 aliphatic rings. The second kappa shape index (κ2) is 12.4. The average Bonchev–Trinajstić information content (AvgIpc) is 3.32. The van der Waals surface area contributed by atoms with Crippen LogP contribution in [-0.2, 0) is 16.0 Å². The van der Waals surface area contributed by atoms with Gasteiger partial charge >= 0.3 is 12.3 Å². The standard InChI is InChI=1S/C23H27F5N2O5/c24-20-6-2-1-5-19(20)21(32)30(12-17-4-3-8-34-17)13-18-11-29(7-9-35-18)10-16(31)14-33-15-23(27,28)22(25)26/h1-6,8,16,18,22,31H,7,9-15H2. The number of hydrogen-bond acceptors (Lipinski definition) is 6. The lowest BCUT2D eigenvalue weighted by Crippen LogP contribution is -2.50. The van der Waals surface area contributed by atoms with Crippen molar-refractivity contribution in [1.82, 2.24) is 9.80 Å². The van der Waals surface area contributed by atoms with E-state index in [0.717, 1.165) is 0 Å². The number of β-amino-alcohol motifs (C(OH)–C–C–N with tert-alkyl or cyclic N) is 1. The first-order valence-corrected chi connectivity index (χ1v) is 11.0. The summed E-state index contributed by atoms with van der Waals surface area (Å²) >= 11 is 0. The lowest BCUT2D eigenvalue weighted by molar-refractivity contribution is -0.171. The number of morpholine rings is 1. The molecule has 3 rings (SSSR count). The maximum absolute atomic E-state index is 14.2. The molecular formula is C23H27F5N2O5. The van der Waals surface area contributed by atoms with E-state index in [1.54, 1.807) is 23.1 Å². The van der Waals surface area contributed by atoms with Crippen LogP contribution in [0.5, 0.6) is 0 Å². The third-order valence-electron chi connectivity index (χ3n) is 5.36. The summed E-state index contributed by atoms with van der Waals surface area (Å²) in [6.07, 6.45) is -4.08. The molecule has 7 nitrogen and oxygen atoms in total. The Morgan fingerprint density at radius 2 is 2.03 bits per heavy atom. The Balaban J connectivity index is 1.57. The summed E-state index contributed by atoms with van der Waals surface area (Å²) in [4.78, 5) is 16.3. The first-order chi connectivity index (χ1) is 16.7. The van der Waals surface area contributed by atoms with Gasteiger partial charge in [-0.2, -0.15) is 8.78 Å². The zero-order valence-corrected chi connectivity index (χ0v) is 18.8. The van der Waals surface area contributed by atoms with Crippen molar-refractivity contribution in [3.8, 4) is 0 Å². The third-order valence-corrected chi connectivity index (χ3v) is 5.36. The number of carbonyl (C=O) groups is 1. The first-order valence-electron chi connectivity index (χ1n) is 11.0. The molecule has 1 saturated heterocycles. The van der Waals surface area contributed by atoms with E-state index in [1.807, 2.05) is 0 Å². The predicted octanol–water partition coefficient (Wildman–Crippen LogP) is 3.04. The highest BCUT2D eigenvalue weighted by atomic mass is 19.3. The monoisotopic (exact) mass is 506 g/mol. The van der Waals surface area contributed by atoms with Crippen LogP contribution in [0.15, 0.2) is 47.1 Å². The highest BCUT2D eigenvalue weighted by Gasteiger charge is 2.41. The molecule has 1 aromatic heterocycles. The van der Waals surface area contributed by atoms with Crippen LogP contribution in [0.1, 0.15) is 16.1 Å². The van der Waals surface area contributed by atoms with Gasteiger partial charge in [-0.3, -0.25) is 9.69 Å². The van der Waals surface area contributed by atoms with E-state index < -0.39 is 49.5 Å². The maximum atomic E-state index is 14.2. The van der Waals surface area contributed by atoms with E-state index in [4.69, 9.17) is 9.15 Å². The Labute approximate surface area is 199 Å². The van der Waals surface area contributed by atoms with Crippen LogP contribution in [0.4, 0.5) is 22.0 Å². The summed E-state index contributed by atoms with van der Waals surface area (Å²) in [5.41, 5.74) is -0.0973. The SMILES string of the molecule is O=C(c1ccccc1F)N(Cc1ccco1)CC1CN(CC(O)COCC(F)(F)C(F)F)CCO1. The van der Waals surface area contributed by atoms with Crippen molar-refractivity contribution in [3.63, 3.8) is 0 Å². The number of ether oxygens (including phenoxy) is 2. The summed E-state index contributed by atoms with van der Waals surface area (Å²) in [6, 6.07) is 8.96. The van der Waals surface area contributed by atoms with Gasteiger partial charge in [0.25, 0.3) is 5.91 Å². The minimum Gasteiger partial charge on any atom is -0.467 e. The number of rotatable bonds is 12. The smallest absolute Gasteiger partial charge is 0.330 e. The molecule has 1 N–H and O–H groups in total. The van der Waals surface area contributed by atoms with Gasteiger partial charge < -0.3 is 23.9 Å². The summed E-state index contributed by atoms with van der Waals surface area (Å²) in [5, 5.41) is 10.1. The molecular weight excluding hydrogens is 479 g/mol. The fourth-order valence-electron chi connectivity index (χ4n) is 3.66. The molecule has 0 saturated carbocycles. The molecule has 2 atom stereocenters. The van der Waals surface area contributed by atoms with E-state index in [-0.39, 0.29) is 38.3 Å². The predicted molar refractivity (Wildman–Crippen MR) is 114 cm³/mol. The lowest BCUT2D eigenvalue weighted by atomic mass is 10.1. The highest BCUT2D eigenvalue weighted by molar-refractivity contribution is 5.94. The van der Waals surface area contributed by atoms with Crippen molar-refractivity contribution in [2.24, 2.45) is 0 Å². The lowest BCUT2D eigenvalue weighted by Gasteiger charge is -2.36. The van der Waals surface area contributed by atoms with E-state index in [9.17, 15) is 31.9 Å². The van der Waals surface area contributed by atoms with Crippen LogP contribution in [0.25, 0.3) is 0 Å². The summed E-state index contributed by atoms with van der Waals surface area (Å²) in [7, 11) is 0. The van der Waals surface area contributed by atoms with Crippen molar-refractivity contribution < 1.29 is 45.7 Å². The van der Waals surface area contributed by atoms with Crippen molar-refractivity contribution in [3.05, 3.63) is 59.8 Å². The molecule has 1 fully saturated rings. The molecule has 0 aliphatic carbocycles. The van der Waals surface area contributed by atoms with Gasteiger partial charge in [-0.1, -0.05) is 12.1 Å². The van der Waals surface area contributed by atoms with Crippen molar-refractivity contribution in [2.75, 3.05) is 46.0 Å².